The Balaban J connectivity index is 2.24. The van der Waals surface area contributed by atoms with E-state index in [9.17, 15) is 4.79 Å². The van der Waals surface area contributed by atoms with Crippen molar-refractivity contribution < 1.29 is 4.79 Å². The zero-order valence-corrected chi connectivity index (χ0v) is 13.5. The van der Waals surface area contributed by atoms with E-state index in [0.29, 0.717) is 6.54 Å². The zero-order chi connectivity index (χ0) is 14.9. The van der Waals surface area contributed by atoms with Crippen molar-refractivity contribution in [2.45, 2.75) is 40.3 Å². The lowest BCUT2D eigenvalue weighted by atomic mass is 10.2. The van der Waals surface area contributed by atoms with Crippen molar-refractivity contribution in [1.82, 2.24) is 14.5 Å². The van der Waals surface area contributed by atoms with Gasteiger partial charge in [-0.1, -0.05) is 0 Å². The lowest BCUT2D eigenvalue weighted by molar-refractivity contribution is 0.0688. The summed E-state index contributed by atoms with van der Waals surface area (Å²) in [6.07, 6.45) is 3.66. The molecule has 0 atom stereocenters. The summed E-state index contributed by atoms with van der Waals surface area (Å²) in [5.74, 6) is 0.987. The number of thiophene rings is 1. The molecule has 0 radical (unpaired) electrons. The Morgan fingerprint density at radius 1 is 1.45 bits per heavy atom. The van der Waals surface area contributed by atoms with Gasteiger partial charge in [0.15, 0.2) is 0 Å². The van der Waals surface area contributed by atoms with Crippen LogP contribution in [0.15, 0.2) is 18.5 Å². The minimum Gasteiger partial charge on any atom is -0.337 e. The number of carbonyl (C=O) groups excluding carboxylic acids is 1. The van der Waals surface area contributed by atoms with E-state index in [2.05, 4.69) is 11.9 Å². The van der Waals surface area contributed by atoms with Gasteiger partial charge in [-0.05, 0) is 39.3 Å². The van der Waals surface area contributed by atoms with Gasteiger partial charge in [0.2, 0.25) is 0 Å². The summed E-state index contributed by atoms with van der Waals surface area (Å²) in [6.45, 7) is 8.70. The summed E-state index contributed by atoms with van der Waals surface area (Å²) >= 11 is 1.57. The lowest BCUT2D eigenvalue weighted by Gasteiger charge is -2.26. The van der Waals surface area contributed by atoms with Crippen LogP contribution in [0.1, 0.15) is 39.8 Å². The maximum atomic E-state index is 12.7. The topological polar surface area (TPSA) is 38.1 Å². The number of imidazole rings is 1. The zero-order valence-electron chi connectivity index (χ0n) is 12.7. The van der Waals surface area contributed by atoms with Crippen LogP contribution in [0.2, 0.25) is 0 Å². The van der Waals surface area contributed by atoms with Gasteiger partial charge in [0, 0.05) is 30.4 Å². The average Bonchev–Trinajstić information content (AvgIpc) is 2.93. The molecule has 108 valence electrons. The van der Waals surface area contributed by atoms with E-state index in [0.717, 1.165) is 10.7 Å². The summed E-state index contributed by atoms with van der Waals surface area (Å²) in [6, 6.07) is 2.12. The summed E-state index contributed by atoms with van der Waals surface area (Å²) in [7, 11) is 1.95. The molecule has 2 rings (SSSR count). The first-order chi connectivity index (χ1) is 9.40. The minimum absolute atomic E-state index is 0.0872. The average molecular weight is 291 g/mol. The predicted molar refractivity (Wildman–Crippen MR) is 82.0 cm³/mol. The minimum atomic E-state index is 0.0872. The summed E-state index contributed by atoms with van der Waals surface area (Å²) in [5.41, 5.74) is 1.18. The molecule has 0 fully saturated rings. The quantitative estimate of drug-likeness (QED) is 0.868. The molecule has 4 nitrogen and oxygen atoms in total. The molecule has 0 aliphatic carbocycles. The maximum absolute atomic E-state index is 12.7. The van der Waals surface area contributed by atoms with Crippen LogP contribution in [0.4, 0.5) is 0 Å². The van der Waals surface area contributed by atoms with Crippen molar-refractivity contribution in [1.29, 1.82) is 0 Å². The summed E-state index contributed by atoms with van der Waals surface area (Å²) in [4.78, 5) is 20.9. The number of rotatable bonds is 4. The van der Waals surface area contributed by atoms with Crippen molar-refractivity contribution in [3.05, 3.63) is 39.6 Å². The fourth-order valence-electron chi connectivity index (χ4n) is 2.01. The van der Waals surface area contributed by atoms with Crippen LogP contribution in [0, 0.1) is 13.8 Å². The monoisotopic (exact) mass is 291 g/mol. The highest BCUT2D eigenvalue weighted by atomic mass is 32.1. The van der Waals surface area contributed by atoms with E-state index in [1.807, 2.05) is 49.5 Å². The van der Waals surface area contributed by atoms with Gasteiger partial charge in [-0.2, -0.15) is 0 Å². The number of nitrogens with zero attached hydrogens (tertiary/aromatic N) is 3. The van der Waals surface area contributed by atoms with Gasteiger partial charge < -0.3 is 9.47 Å². The van der Waals surface area contributed by atoms with Crippen LogP contribution in [-0.4, -0.2) is 26.4 Å². The third-order valence-corrected chi connectivity index (χ3v) is 4.63. The van der Waals surface area contributed by atoms with Gasteiger partial charge >= 0.3 is 0 Å². The Bertz CT molecular complexity index is 593. The molecule has 0 spiro atoms. The number of hydrogen-bond acceptors (Lipinski definition) is 3. The first-order valence-corrected chi connectivity index (χ1v) is 7.56. The number of amides is 1. The molecule has 0 bridgehead atoms. The van der Waals surface area contributed by atoms with E-state index >= 15 is 0 Å². The number of hydrogen-bond donors (Lipinski definition) is 0. The van der Waals surface area contributed by atoms with E-state index < -0.39 is 0 Å². The van der Waals surface area contributed by atoms with Crippen LogP contribution in [0.25, 0.3) is 0 Å². The molecule has 2 heterocycles. The molecule has 0 aliphatic rings. The van der Waals surface area contributed by atoms with Crippen molar-refractivity contribution in [3.8, 4) is 0 Å². The van der Waals surface area contributed by atoms with Gasteiger partial charge in [0.1, 0.15) is 5.82 Å². The van der Waals surface area contributed by atoms with Crippen molar-refractivity contribution in [2.24, 2.45) is 7.05 Å². The second kappa shape index (κ2) is 5.79. The normalized spacial score (nSPS) is 11.1. The molecular weight excluding hydrogens is 270 g/mol. The molecule has 5 heteroatoms. The molecule has 0 N–H and O–H groups in total. The SMILES string of the molecule is Cc1cc(C(=O)N(Cc2nccn2C)C(C)C)sc1C. The smallest absolute Gasteiger partial charge is 0.264 e. The van der Waals surface area contributed by atoms with Crippen LogP contribution >= 0.6 is 11.3 Å². The number of carbonyl (C=O) groups is 1. The maximum Gasteiger partial charge on any atom is 0.264 e. The van der Waals surface area contributed by atoms with Crippen molar-refractivity contribution in [3.63, 3.8) is 0 Å². The van der Waals surface area contributed by atoms with Gasteiger partial charge in [0.25, 0.3) is 5.91 Å². The second-order valence-corrected chi connectivity index (χ2v) is 6.59. The van der Waals surface area contributed by atoms with Gasteiger partial charge in [-0.15, -0.1) is 11.3 Å². The fourth-order valence-corrected chi connectivity index (χ4v) is 3.00. The van der Waals surface area contributed by atoms with Gasteiger partial charge in [-0.3, -0.25) is 4.79 Å². The molecule has 2 aromatic rings. The largest absolute Gasteiger partial charge is 0.337 e. The molecule has 0 saturated carbocycles. The fraction of sp³-hybridized carbons (Fsp3) is 0.467. The van der Waals surface area contributed by atoms with Crippen LogP contribution in [0.3, 0.4) is 0 Å². The number of aromatic nitrogens is 2. The predicted octanol–water partition coefficient (Wildman–Crippen LogP) is 3.15. The summed E-state index contributed by atoms with van der Waals surface area (Å²) < 4.78 is 1.95. The van der Waals surface area contributed by atoms with E-state index in [4.69, 9.17) is 0 Å². The number of aryl methyl sites for hydroxylation is 3. The Morgan fingerprint density at radius 2 is 2.15 bits per heavy atom. The van der Waals surface area contributed by atoms with Crippen LogP contribution in [0.5, 0.6) is 0 Å². The molecule has 20 heavy (non-hydrogen) atoms. The van der Waals surface area contributed by atoms with Gasteiger partial charge in [0.05, 0.1) is 11.4 Å². The summed E-state index contributed by atoms with van der Waals surface area (Å²) in [5, 5.41) is 0. The van der Waals surface area contributed by atoms with E-state index in [-0.39, 0.29) is 11.9 Å². The van der Waals surface area contributed by atoms with Crippen LogP contribution in [-0.2, 0) is 13.6 Å². The van der Waals surface area contributed by atoms with E-state index in [1.165, 1.54) is 10.4 Å². The van der Waals surface area contributed by atoms with E-state index in [1.54, 1.807) is 17.5 Å². The van der Waals surface area contributed by atoms with Crippen LogP contribution < -0.4 is 0 Å². The molecule has 0 unspecified atom stereocenters. The van der Waals surface area contributed by atoms with Gasteiger partial charge in [-0.25, -0.2) is 4.98 Å². The molecule has 0 saturated heterocycles. The Morgan fingerprint density at radius 3 is 2.60 bits per heavy atom. The lowest BCUT2D eigenvalue weighted by Crippen LogP contribution is -2.36. The Labute approximate surface area is 124 Å². The molecule has 1 amide bonds. The second-order valence-electron chi connectivity index (χ2n) is 5.33. The molecule has 2 aromatic heterocycles. The third kappa shape index (κ3) is 2.93. The van der Waals surface area contributed by atoms with Crippen molar-refractivity contribution >= 4 is 17.2 Å². The Hall–Kier alpha value is -1.62. The third-order valence-electron chi connectivity index (χ3n) is 3.49. The molecule has 0 aromatic carbocycles. The highest BCUT2D eigenvalue weighted by Gasteiger charge is 2.22. The molecular formula is C15H21N3OS. The van der Waals surface area contributed by atoms with Crippen molar-refractivity contribution in [2.75, 3.05) is 0 Å². The standard InChI is InChI=1S/C15H21N3OS/c1-10(2)18(9-14-16-6-7-17(14)5)15(19)13-8-11(3)12(4)20-13/h6-8,10H,9H2,1-5H3. The molecule has 0 aliphatic heterocycles. The highest BCUT2D eigenvalue weighted by molar-refractivity contribution is 7.14. The first kappa shape index (κ1) is 14.8. The highest BCUT2D eigenvalue weighted by Crippen LogP contribution is 2.23. The first-order valence-electron chi connectivity index (χ1n) is 6.74. The Kier molecular flexibility index (Phi) is 4.28.